The van der Waals surface area contributed by atoms with E-state index < -0.39 is 0 Å². The molecule has 10 rings (SSSR count). The van der Waals surface area contributed by atoms with Crippen LogP contribution in [-0.4, -0.2) is 4.57 Å². The van der Waals surface area contributed by atoms with Crippen molar-refractivity contribution in [3.05, 3.63) is 181 Å². The summed E-state index contributed by atoms with van der Waals surface area (Å²) < 4.78 is 5.10. The number of anilines is 3. The Morgan fingerprint density at radius 2 is 1.15 bits per heavy atom. The molecule has 0 N–H and O–H groups in total. The van der Waals surface area contributed by atoms with Gasteiger partial charge in [-0.05, 0) is 119 Å². The molecule has 0 amide bonds. The van der Waals surface area contributed by atoms with Crippen molar-refractivity contribution in [2.75, 3.05) is 4.90 Å². The van der Waals surface area contributed by atoms with Crippen molar-refractivity contribution < 1.29 is 0 Å². The molecule has 0 aliphatic rings. The zero-order chi connectivity index (χ0) is 35.5. The monoisotopic (exact) mass is 698 g/mol. The van der Waals surface area contributed by atoms with Crippen LogP contribution in [0, 0.1) is 0 Å². The van der Waals surface area contributed by atoms with E-state index in [9.17, 15) is 0 Å². The number of thiophene rings is 1. The predicted molar refractivity (Wildman–Crippen MR) is 230 cm³/mol. The molecule has 0 atom stereocenters. The normalized spacial score (nSPS) is 11.7. The molecule has 254 valence electrons. The van der Waals surface area contributed by atoms with E-state index in [2.05, 4.69) is 193 Å². The van der Waals surface area contributed by atoms with Gasteiger partial charge in [0, 0.05) is 53.7 Å². The maximum atomic E-state index is 2.47. The Bertz CT molecular complexity index is 2980. The maximum Gasteiger partial charge on any atom is 0.0548 e. The van der Waals surface area contributed by atoms with Crippen molar-refractivity contribution >= 4 is 81.1 Å². The zero-order valence-corrected chi connectivity index (χ0v) is 30.7. The van der Waals surface area contributed by atoms with E-state index in [1.54, 1.807) is 0 Å². The SMILES string of the molecule is CCc1ccccc1-c1ccc(N(c2ccccc2)c2ccc3c(c2)c2c4c(ccc2n3-c2ccc3ccccc3c2)sc2ccccc24)cc1CC. The Balaban J connectivity index is 1.25. The fourth-order valence-corrected chi connectivity index (χ4v) is 9.55. The molecule has 10 aromatic rings. The van der Waals surface area contributed by atoms with E-state index in [1.807, 2.05) is 11.3 Å². The zero-order valence-electron chi connectivity index (χ0n) is 29.9. The number of fused-ring (bicyclic) bond motifs is 8. The van der Waals surface area contributed by atoms with Crippen molar-refractivity contribution in [1.82, 2.24) is 4.57 Å². The van der Waals surface area contributed by atoms with Gasteiger partial charge in [0.05, 0.1) is 11.0 Å². The number of para-hydroxylation sites is 1. The van der Waals surface area contributed by atoms with Crippen LogP contribution >= 0.6 is 11.3 Å². The molecule has 2 nitrogen and oxygen atoms in total. The first-order valence-electron chi connectivity index (χ1n) is 18.6. The minimum atomic E-state index is 0.950. The van der Waals surface area contributed by atoms with Crippen molar-refractivity contribution in [1.29, 1.82) is 0 Å². The van der Waals surface area contributed by atoms with Gasteiger partial charge in [-0.1, -0.05) is 111 Å². The lowest BCUT2D eigenvalue weighted by atomic mass is 9.92. The minimum absolute atomic E-state index is 0.950. The minimum Gasteiger partial charge on any atom is -0.310 e. The summed E-state index contributed by atoms with van der Waals surface area (Å²) in [5, 5.41) is 7.70. The van der Waals surface area contributed by atoms with Gasteiger partial charge in [0.2, 0.25) is 0 Å². The second-order valence-corrected chi connectivity index (χ2v) is 15.0. The summed E-state index contributed by atoms with van der Waals surface area (Å²) >= 11 is 1.88. The first-order valence-corrected chi connectivity index (χ1v) is 19.5. The van der Waals surface area contributed by atoms with Crippen LogP contribution in [0.5, 0.6) is 0 Å². The van der Waals surface area contributed by atoms with Crippen LogP contribution in [-0.2, 0) is 12.8 Å². The van der Waals surface area contributed by atoms with Crippen molar-refractivity contribution in [2.45, 2.75) is 26.7 Å². The lowest BCUT2D eigenvalue weighted by Gasteiger charge is -2.27. The number of benzene rings is 8. The Hall–Kier alpha value is -6.16. The summed E-state index contributed by atoms with van der Waals surface area (Å²) in [7, 11) is 0. The number of hydrogen-bond acceptors (Lipinski definition) is 2. The molecule has 0 radical (unpaired) electrons. The maximum absolute atomic E-state index is 2.47. The number of rotatable bonds is 7. The molecule has 3 heteroatoms. The molecule has 0 aliphatic carbocycles. The van der Waals surface area contributed by atoms with Crippen LogP contribution in [0.3, 0.4) is 0 Å². The Kier molecular flexibility index (Phi) is 7.63. The second-order valence-electron chi connectivity index (χ2n) is 13.9. The summed E-state index contributed by atoms with van der Waals surface area (Å²) in [6.45, 7) is 4.52. The first-order chi connectivity index (χ1) is 26.2. The molecule has 0 saturated heterocycles. The van der Waals surface area contributed by atoms with Gasteiger partial charge in [0.25, 0.3) is 0 Å². The Morgan fingerprint density at radius 1 is 0.453 bits per heavy atom. The van der Waals surface area contributed by atoms with Gasteiger partial charge >= 0.3 is 0 Å². The fraction of sp³-hybridized carbons (Fsp3) is 0.0800. The van der Waals surface area contributed by atoms with Gasteiger partial charge in [-0.3, -0.25) is 0 Å². The molecule has 0 spiro atoms. The summed E-state index contributed by atoms with van der Waals surface area (Å²) in [5.41, 5.74) is 12.4. The highest BCUT2D eigenvalue weighted by Crippen LogP contribution is 2.46. The molecule has 2 aromatic heterocycles. The van der Waals surface area contributed by atoms with Crippen molar-refractivity contribution in [3.63, 3.8) is 0 Å². The predicted octanol–water partition coefficient (Wildman–Crippen LogP) is 14.6. The molecule has 0 fully saturated rings. The van der Waals surface area contributed by atoms with Crippen LogP contribution in [0.1, 0.15) is 25.0 Å². The van der Waals surface area contributed by atoms with E-state index in [0.29, 0.717) is 0 Å². The summed E-state index contributed by atoms with van der Waals surface area (Å²) in [4.78, 5) is 2.43. The summed E-state index contributed by atoms with van der Waals surface area (Å²) in [6, 6.07) is 62.8. The van der Waals surface area contributed by atoms with Crippen LogP contribution in [0.2, 0.25) is 0 Å². The number of hydrogen-bond donors (Lipinski definition) is 0. The van der Waals surface area contributed by atoms with E-state index in [1.165, 1.54) is 80.7 Å². The topological polar surface area (TPSA) is 8.17 Å². The van der Waals surface area contributed by atoms with E-state index in [4.69, 9.17) is 0 Å². The molecule has 0 aliphatic heterocycles. The van der Waals surface area contributed by atoms with Crippen LogP contribution < -0.4 is 4.90 Å². The quantitative estimate of drug-likeness (QED) is 0.161. The molecule has 2 heterocycles. The largest absolute Gasteiger partial charge is 0.310 e. The highest BCUT2D eigenvalue weighted by atomic mass is 32.1. The van der Waals surface area contributed by atoms with Gasteiger partial charge in [-0.2, -0.15) is 0 Å². The van der Waals surface area contributed by atoms with Gasteiger partial charge < -0.3 is 9.47 Å². The number of aryl methyl sites for hydroxylation is 2. The van der Waals surface area contributed by atoms with Gasteiger partial charge in [-0.15, -0.1) is 11.3 Å². The van der Waals surface area contributed by atoms with Crippen LogP contribution in [0.15, 0.2) is 170 Å². The van der Waals surface area contributed by atoms with E-state index >= 15 is 0 Å². The highest BCUT2D eigenvalue weighted by Gasteiger charge is 2.21. The highest BCUT2D eigenvalue weighted by molar-refractivity contribution is 7.26. The average molecular weight is 699 g/mol. The molecule has 0 bridgehead atoms. The second kappa shape index (κ2) is 12.8. The van der Waals surface area contributed by atoms with Crippen molar-refractivity contribution in [2.24, 2.45) is 0 Å². The smallest absolute Gasteiger partial charge is 0.0548 e. The third-order valence-corrected chi connectivity index (χ3v) is 12.1. The average Bonchev–Trinajstić information content (AvgIpc) is 3.76. The molecular formula is C50H38N2S. The van der Waals surface area contributed by atoms with Crippen LogP contribution in [0.25, 0.3) is 69.6 Å². The Labute approximate surface area is 313 Å². The van der Waals surface area contributed by atoms with E-state index in [-0.39, 0.29) is 0 Å². The first kappa shape index (κ1) is 31.6. The lowest BCUT2D eigenvalue weighted by Crippen LogP contribution is -2.10. The van der Waals surface area contributed by atoms with Gasteiger partial charge in [0.15, 0.2) is 0 Å². The fourth-order valence-electron chi connectivity index (χ4n) is 8.44. The molecule has 8 aromatic carbocycles. The molecule has 53 heavy (non-hydrogen) atoms. The standard InChI is InChI=1S/C50H38N2S/c1-3-33-14-10-11-19-41(33)42-26-24-38(30-34(42)4-2)51(37-17-6-5-7-18-37)40-25-27-45-44(32-40)49-46(28-29-48-50(49)43-20-12-13-21-47(43)53-48)52(45)39-23-22-35-15-8-9-16-36(35)31-39/h5-32H,3-4H2,1-2H3. The van der Waals surface area contributed by atoms with Crippen LogP contribution in [0.4, 0.5) is 17.1 Å². The number of aromatic nitrogens is 1. The van der Waals surface area contributed by atoms with Gasteiger partial charge in [0.1, 0.15) is 0 Å². The summed E-state index contributed by atoms with van der Waals surface area (Å²) in [6.07, 6.45) is 1.96. The van der Waals surface area contributed by atoms with E-state index in [0.717, 1.165) is 29.9 Å². The molecule has 0 saturated carbocycles. The lowest BCUT2D eigenvalue weighted by molar-refractivity contribution is 1.11. The van der Waals surface area contributed by atoms with Crippen molar-refractivity contribution in [3.8, 4) is 16.8 Å². The molecule has 0 unspecified atom stereocenters. The van der Waals surface area contributed by atoms with Gasteiger partial charge in [-0.25, -0.2) is 0 Å². The third kappa shape index (κ3) is 5.15. The molecular weight excluding hydrogens is 661 g/mol. The third-order valence-electron chi connectivity index (χ3n) is 10.9. The number of nitrogens with zero attached hydrogens (tertiary/aromatic N) is 2. The summed E-state index contributed by atoms with van der Waals surface area (Å²) in [5.74, 6) is 0. The Morgan fingerprint density at radius 3 is 2.02 bits per heavy atom.